The van der Waals surface area contributed by atoms with Crippen LogP contribution in [0, 0.1) is 0 Å². The summed E-state index contributed by atoms with van der Waals surface area (Å²) in [6.07, 6.45) is 4.43. The van der Waals surface area contributed by atoms with Crippen molar-refractivity contribution >= 4 is 5.97 Å². The standard InChI is InChI=1S/C8H12N2O2/c1-2-3-4-6-5-9-10-7(6)8(11)12/h5H,2-4H2,1H3,(H,9,10)(H,11,12). The second kappa shape index (κ2) is 3.90. The van der Waals surface area contributed by atoms with E-state index < -0.39 is 5.97 Å². The minimum Gasteiger partial charge on any atom is -0.477 e. The van der Waals surface area contributed by atoms with Gasteiger partial charge in [-0.1, -0.05) is 13.3 Å². The molecule has 0 atom stereocenters. The van der Waals surface area contributed by atoms with Gasteiger partial charge in [0.2, 0.25) is 0 Å². The fraction of sp³-hybridized carbons (Fsp3) is 0.500. The minimum atomic E-state index is -0.932. The van der Waals surface area contributed by atoms with E-state index in [0.717, 1.165) is 24.8 Å². The molecule has 1 aromatic rings. The molecule has 0 unspecified atom stereocenters. The lowest BCUT2D eigenvalue weighted by molar-refractivity contribution is 0.0689. The van der Waals surface area contributed by atoms with Crippen LogP contribution in [-0.2, 0) is 6.42 Å². The predicted molar refractivity (Wildman–Crippen MR) is 44.2 cm³/mol. The lowest BCUT2D eigenvalue weighted by Crippen LogP contribution is -2.01. The number of nitrogens with zero attached hydrogens (tertiary/aromatic N) is 1. The molecule has 4 nitrogen and oxygen atoms in total. The molecule has 0 amide bonds. The molecule has 0 fully saturated rings. The molecule has 0 bridgehead atoms. The second-order valence-electron chi connectivity index (χ2n) is 2.68. The molecule has 1 heterocycles. The van der Waals surface area contributed by atoms with Crippen molar-refractivity contribution in [3.05, 3.63) is 17.5 Å². The quantitative estimate of drug-likeness (QED) is 0.715. The van der Waals surface area contributed by atoms with Gasteiger partial charge in [0.15, 0.2) is 0 Å². The topological polar surface area (TPSA) is 66.0 Å². The number of unbranched alkanes of at least 4 members (excludes halogenated alkanes) is 1. The maximum absolute atomic E-state index is 10.6. The van der Waals surface area contributed by atoms with Gasteiger partial charge in [0, 0.05) is 5.56 Å². The maximum atomic E-state index is 10.6. The number of aromatic amines is 1. The lowest BCUT2D eigenvalue weighted by atomic mass is 10.1. The van der Waals surface area contributed by atoms with Crippen LogP contribution in [0.4, 0.5) is 0 Å². The fourth-order valence-corrected chi connectivity index (χ4v) is 1.05. The van der Waals surface area contributed by atoms with Crippen LogP contribution in [0.15, 0.2) is 6.20 Å². The molecule has 0 saturated heterocycles. The molecular formula is C8H12N2O2. The monoisotopic (exact) mass is 168 g/mol. The summed E-state index contributed by atoms with van der Waals surface area (Å²) in [5.74, 6) is -0.932. The minimum absolute atomic E-state index is 0.225. The van der Waals surface area contributed by atoms with Gasteiger partial charge in [0.1, 0.15) is 5.69 Å². The van der Waals surface area contributed by atoms with Gasteiger partial charge in [-0.15, -0.1) is 0 Å². The van der Waals surface area contributed by atoms with E-state index in [4.69, 9.17) is 5.11 Å². The van der Waals surface area contributed by atoms with E-state index in [1.165, 1.54) is 0 Å². The van der Waals surface area contributed by atoms with E-state index in [2.05, 4.69) is 17.1 Å². The Bertz CT molecular complexity index is 268. The molecular weight excluding hydrogens is 156 g/mol. The molecule has 1 aromatic heterocycles. The van der Waals surface area contributed by atoms with E-state index in [-0.39, 0.29) is 5.69 Å². The van der Waals surface area contributed by atoms with Gasteiger partial charge in [-0.25, -0.2) is 4.79 Å². The van der Waals surface area contributed by atoms with Crippen LogP contribution in [0.25, 0.3) is 0 Å². The number of carboxylic acids is 1. The fourth-order valence-electron chi connectivity index (χ4n) is 1.05. The summed E-state index contributed by atoms with van der Waals surface area (Å²) in [5.41, 5.74) is 1.02. The SMILES string of the molecule is CCCCc1cn[nH]c1C(=O)O. The Labute approximate surface area is 70.6 Å². The van der Waals surface area contributed by atoms with Crippen molar-refractivity contribution in [2.24, 2.45) is 0 Å². The van der Waals surface area contributed by atoms with E-state index in [0.29, 0.717) is 0 Å². The average molecular weight is 168 g/mol. The number of nitrogens with one attached hydrogen (secondary N) is 1. The zero-order chi connectivity index (χ0) is 8.97. The van der Waals surface area contributed by atoms with Crippen LogP contribution in [-0.4, -0.2) is 21.3 Å². The third-order valence-corrected chi connectivity index (χ3v) is 1.73. The van der Waals surface area contributed by atoms with Gasteiger partial charge in [-0.3, -0.25) is 5.10 Å². The van der Waals surface area contributed by atoms with E-state index in [1.54, 1.807) is 6.20 Å². The number of aromatic carboxylic acids is 1. The molecule has 0 spiro atoms. The second-order valence-corrected chi connectivity index (χ2v) is 2.68. The first kappa shape index (κ1) is 8.77. The lowest BCUT2D eigenvalue weighted by Gasteiger charge is -1.95. The van der Waals surface area contributed by atoms with Gasteiger partial charge in [-0.2, -0.15) is 5.10 Å². The van der Waals surface area contributed by atoms with Crippen LogP contribution >= 0.6 is 0 Å². The summed E-state index contributed by atoms with van der Waals surface area (Å²) in [6.45, 7) is 2.07. The first-order valence-electron chi connectivity index (χ1n) is 4.01. The molecule has 0 aliphatic heterocycles. The number of aromatic nitrogens is 2. The van der Waals surface area contributed by atoms with Crippen LogP contribution in [0.2, 0.25) is 0 Å². The van der Waals surface area contributed by atoms with Crippen LogP contribution < -0.4 is 0 Å². The number of rotatable bonds is 4. The Hall–Kier alpha value is -1.32. The molecule has 0 aliphatic carbocycles. The first-order valence-corrected chi connectivity index (χ1v) is 4.01. The van der Waals surface area contributed by atoms with E-state index >= 15 is 0 Å². The van der Waals surface area contributed by atoms with Gasteiger partial charge in [-0.05, 0) is 12.8 Å². The van der Waals surface area contributed by atoms with E-state index in [9.17, 15) is 4.79 Å². The predicted octanol–water partition coefficient (Wildman–Crippen LogP) is 1.45. The molecule has 0 aliphatic rings. The zero-order valence-corrected chi connectivity index (χ0v) is 7.00. The first-order chi connectivity index (χ1) is 5.75. The largest absolute Gasteiger partial charge is 0.477 e. The Morgan fingerprint density at radius 2 is 2.50 bits per heavy atom. The summed E-state index contributed by atoms with van der Waals surface area (Å²) in [5, 5.41) is 14.8. The number of hydrogen-bond donors (Lipinski definition) is 2. The van der Waals surface area contributed by atoms with Crippen molar-refractivity contribution in [1.82, 2.24) is 10.2 Å². The summed E-state index contributed by atoms with van der Waals surface area (Å²) >= 11 is 0. The van der Waals surface area contributed by atoms with Crippen LogP contribution in [0.5, 0.6) is 0 Å². The van der Waals surface area contributed by atoms with Crippen LogP contribution in [0.1, 0.15) is 35.8 Å². The molecule has 66 valence electrons. The van der Waals surface area contributed by atoms with E-state index in [1.807, 2.05) is 0 Å². The van der Waals surface area contributed by atoms with Crippen molar-refractivity contribution in [3.63, 3.8) is 0 Å². The number of H-pyrrole nitrogens is 1. The number of hydrogen-bond acceptors (Lipinski definition) is 2. The van der Waals surface area contributed by atoms with Crippen molar-refractivity contribution in [3.8, 4) is 0 Å². The summed E-state index contributed by atoms with van der Waals surface area (Å²) in [7, 11) is 0. The molecule has 4 heteroatoms. The highest BCUT2D eigenvalue weighted by Crippen LogP contribution is 2.08. The molecule has 0 aromatic carbocycles. The molecule has 12 heavy (non-hydrogen) atoms. The molecule has 0 saturated carbocycles. The third-order valence-electron chi connectivity index (χ3n) is 1.73. The highest BCUT2D eigenvalue weighted by atomic mass is 16.4. The highest BCUT2D eigenvalue weighted by Gasteiger charge is 2.10. The molecule has 2 N–H and O–H groups in total. The van der Waals surface area contributed by atoms with Gasteiger partial charge in [0.25, 0.3) is 0 Å². The van der Waals surface area contributed by atoms with Crippen molar-refractivity contribution in [1.29, 1.82) is 0 Å². The number of aryl methyl sites for hydroxylation is 1. The van der Waals surface area contributed by atoms with Gasteiger partial charge >= 0.3 is 5.97 Å². The smallest absolute Gasteiger partial charge is 0.354 e. The number of carboxylic acid groups (broad SMARTS) is 1. The summed E-state index contributed by atoms with van der Waals surface area (Å²) in [6, 6.07) is 0. The van der Waals surface area contributed by atoms with Crippen molar-refractivity contribution in [2.75, 3.05) is 0 Å². The Morgan fingerprint density at radius 3 is 3.08 bits per heavy atom. The third kappa shape index (κ3) is 1.84. The van der Waals surface area contributed by atoms with Gasteiger partial charge < -0.3 is 5.11 Å². The average Bonchev–Trinajstić information content (AvgIpc) is 2.48. The highest BCUT2D eigenvalue weighted by molar-refractivity contribution is 5.86. The van der Waals surface area contributed by atoms with Gasteiger partial charge in [0.05, 0.1) is 6.20 Å². The summed E-state index contributed by atoms with van der Waals surface area (Å²) in [4.78, 5) is 10.6. The summed E-state index contributed by atoms with van der Waals surface area (Å²) < 4.78 is 0. The molecule has 0 radical (unpaired) electrons. The normalized spacial score (nSPS) is 10.1. The number of carbonyl (C=O) groups is 1. The molecule has 1 rings (SSSR count). The Kier molecular flexibility index (Phi) is 2.85. The Morgan fingerprint density at radius 1 is 1.75 bits per heavy atom. The Balaban J connectivity index is 2.70. The van der Waals surface area contributed by atoms with Crippen molar-refractivity contribution < 1.29 is 9.90 Å². The zero-order valence-electron chi connectivity index (χ0n) is 7.00. The maximum Gasteiger partial charge on any atom is 0.354 e. The van der Waals surface area contributed by atoms with Crippen LogP contribution in [0.3, 0.4) is 0 Å². The van der Waals surface area contributed by atoms with Crippen molar-refractivity contribution in [2.45, 2.75) is 26.2 Å².